The fraction of sp³-hybridized carbons (Fsp3) is 0.938. The second-order valence-corrected chi connectivity index (χ2v) is 7.24. The van der Waals surface area contributed by atoms with Gasteiger partial charge in [-0.25, -0.2) is 0 Å². The molecule has 0 spiro atoms. The lowest BCUT2D eigenvalue weighted by Crippen LogP contribution is -2.49. The van der Waals surface area contributed by atoms with E-state index in [-0.39, 0.29) is 11.3 Å². The maximum atomic E-state index is 12.3. The molecular formula is C16H30N2O. The van der Waals surface area contributed by atoms with Crippen LogP contribution in [0.25, 0.3) is 0 Å². The molecule has 2 N–H and O–H groups in total. The maximum Gasteiger partial charge on any atom is 0.221 e. The van der Waals surface area contributed by atoms with E-state index in [0.717, 1.165) is 13.0 Å². The number of carbonyl (C=O) groups is 1. The Bertz CT molecular complexity index is 314. The van der Waals surface area contributed by atoms with Gasteiger partial charge in [0.1, 0.15) is 0 Å². The minimum Gasteiger partial charge on any atom is -0.353 e. The SMILES string of the molecule is CC1CCCNC1CC(=O)NC1CCCCC1(C)C. The molecule has 19 heavy (non-hydrogen) atoms. The highest BCUT2D eigenvalue weighted by Gasteiger charge is 2.33. The van der Waals surface area contributed by atoms with Gasteiger partial charge in [-0.2, -0.15) is 0 Å². The predicted molar refractivity (Wildman–Crippen MR) is 79.0 cm³/mol. The van der Waals surface area contributed by atoms with Gasteiger partial charge in [-0.05, 0) is 43.6 Å². The van der Waals surface area contributed by atoms with E-state index in [9.17, 15) is 4.79 Å². The Hall–Kier alpha value is -0.570. The first kappa shape index (κ1) is 14.8. The molecule has 3 unspecified atom stereocenters. The summed E-state index contributed by atoms with van der Waals surface area (Å²) in [6.45, 7) is 7.91. The number of piperidine rings is 1. The molecule has 1 aliphatic carbocycles. The van der Waals surface area contributed by atoms with Gasteiger partial charge < -0.3 is 10.6 Å². The predicted octanol–water partition coefficient (Wildman–Crippen LogP) is 2.85. The van der Waals surface area contributed by atoms with E-state index in [0.29, 0.717) is 24.4 Å². The Kier molecular flexibility index (Phi) is 4.88. The highest BCUT2D eigenvalue weighted by atomic mass is 16.1. The first-order chi connectivity index (χ1) is 8.99. The van der Waals surface area contributed by atoms with Crippen LogP contribution >= 0.6 is 0 Å². The molecule has 3 atom stereocenters. The van der Waals surface area contributed by atoms with Crippen molar-refractivity contribution in [2.75, 3.05) is 6.54 Å². The summed E-state index contributed by atoms with van der Waals surface area (Å²) < 4.78 is 0. The summed E-state index contributed by atoms with van der Waals surface area (Å²) in [6, 6.07) is 0.744. The van der Waals surface area contributed by atoms with Gasteiger partial charge in [0.25, 0.3) is 0 Å². The molecule has 0 aromatic heterocycles. The van der Waals surface area contributed by atoms with E-state index >= 15 is 0 Å². The number of hydrogen-bond donors (Lipinski definition) is 2. The highest BCUT2D eigenvalue weighted by molar-refractivity contribution is 5.77. The number of nitrogens with one attached hydrogen (secondary N) is 2. The molecule has 2 fully saturated rings. The summed E-state index contributed by atoms with van der Waals surface area (Å²) in [5.41, 5.74) is 0.263. The molecule has 0 radical (unpaired) electrons. The van der Waals surface area contributed by atoms with Gasteiger partial charge in [0.15, 0.2) is 0 Å². The zero-order chi connectivity index (χ0) is 13.9. The molecule has 0 aromatic carbocycles. The average molecular weight is 266 g/mol. The molecule has 2 aliphatic rings. The van der Waals surface area contributed by atoms with Crippen LogP contribution in [0.5, 0.6) is 0 Å². The summed E-state index contributed by atoms with van der Waals surface area (Å²) in [7, 11) is 0. The van der Waals surface area contributed by atoms with Crippen molar-refractivity contribution in [1.29, 1.82) is 0 Å². The van der Waals surface area contributed by atoms with Crippen LogP contribution in [0, 0.1) is 11.3 Å². The fourth-order valence-corrected chi connectivity index (χ4v) is 3.60. The van der Waals surface area contributed by atoms with Crippen molar-refractivity contribution in [1.82, 2.24) is 10.6 Å². The molecule has 0 bridgehead atoms. The quantitative estimate of drug-likeness (QED) is 0.824. The van der Waals surface area contributed by atoms with E-state index in [1.165, 1.54) is 32.1 Å². The Balaban J connectivity index is 1.83. The van der Waals surface area contributed by atoms with Gasteiger partial charge >= 0.3 is 0 Å². The Labute approximate surface area is 117 Å². The van der Waals surface area contributed by atoms with Crippen LogP contribution in [0.3, 0.4) is 0 Å². The lowest BCUT2D eigenvalue weighted by molar-refractivity contribution is -0.123. The molecule has 1 saturated heterocycles. The minimum atomic E-state index is 0.242. The Morgan fingerprint density at radius 3 is 2.74 bits per heavy atom. The summed E-state index contributed by atoms with van der Waals surface area (Å²) >= 11 is 0. The summed E-state index contributed by atoms with van der Waals surface area (Å²) in [5, 5.41) is 6.79. The van der Waals surface area contributed by atoms with Crippen LogP contribution in [0.15, 0.2) is 0 Å². The monoisotopic (exact) mass is 266 g/mol. The lowest BCUT2D eigenvalue weighted by Gasteiger charge is -2.39. The van der Waals surface area contributed by atoms with Crippen LogP contribution in [-0.2, 0) is 4.79 Å². The van der Waals surface area contributed by atoms with E-state index in [1.54, 1.807) is 0 Å². The van der Waals surface area contributed by atoms with Crippen molar-refractivity contribution in [3.63, 3.8) is 0 Å². The second-order valence-electron chi connectivity index (χ2n) is 7.24. The van der Waals surface area contributed by atoms with Crippen molar-refractivity contribution >= 4 is 5.91 Å². The first-order valence-electron chi connectivity index (χ1n) is 8.02. The van der Waals surface area contributed by atoms with Crippen LogP contribution in [0.1, 0.15) is 65.7 Å². The first-order valence-corrected chi connectivity index (χ1v) is 8.02. The van der Waals surface area contributed by atoms with Crippen LogP contribution < -0.4 is 10.6 Å². The third kappa shape index (κ3) is 3.95. The molecule has 3 heteroatoms. The number of amides is 1. The summed E-state index contributed by atoms with van der Waals surface area (Å²) in [6.07, 6.45) is 8.08. The highest BCUT2D eigenvalue weighted by Crippen LogP contribution is 2.35. The average Bonchev–Trinajstić information content (AvgIpc) is 2.35. The van der Waals surface area contributed by atoms with Gasteiger partial charge in [-0.1, -0.05) is 33.6 Å². The zero-order valence-corrected chi connectivity index (χ0v) is 12.8. The number of rotatable bonds is 3. The van der Waals surface area contributed by atoms with E-state index in [4.69, 9.17) is 0 Å². The van der Waals surface area contributed by atoms with Gasteiger partial charge in [-0.15, -0.1) is 0 Å². The molecule has 0 aromatic rings. The molecule has 3 nitrogen and oxygen atoms in total. The molecule has 1 aliphatic heterocycles. The molecule has 1 saturated carbocycles. The topological polar surface area (TPSA) is 41.1 Å². The van der Waals surface area contributed by atoms with Crippen molar-refractivity contribution in [2.45, 2.75) is 77.8 Å². The second kappa shape index (κ2) is 6.25. The third-order valence-corrected chi connectivity index (χ3v) is 5.18. The van der Waals surface area contributed by atoms with E-state index < -0.39 is 0 Å². The molecule has 2 rings (SSSR count). The number of carbonyl (C=O) groups excluding carboxylic acids is 1. The fourth-order valence-electron chi connectivity index (χ4n) is 3.60. The van der Waals surface area contributed by atoms with Gasteiger partial charge in [0, 0.05) is 18.5 Å². The maximum absolute atomic E-state index is 12.3. The van der Waals surface area contributed by atoms with Crippen LogP contribution in [0.4, 0.5) is 0 Å². The van der Waals surface area contributed by atoms with Crippen LogP contribution in [0.2, 0.25) is 0 Å². The van der Waals surface area contributed by atoms with Gasteiger partial charge in [0.2, 0.25) is 5.91 Å². The van der Waals surface area contributed by atoms with Gasteiger partial charge in [0.05, 0.1) is 0 Å². The standard InChI is InChI=1S/C16H30N2O/c1-12-7-6-10-17-13(12)11-15(19)18-14-8-4-5-9-16(14,2)3/h12-14,17H,4-11H2,1-3H3,(H,18,19). The molecule has 110 valence electrons. The molecular weight excluding hydrogens is 236 g/mol. The number of hydrogen-bond acceptors (Lipinski definition) is 2. The molecule has 1 amide bonds. The van der Waals surface area contributed by atoms with Gasteiger partial charge in [-0.3, -0.25) is 4.79 Å². The van der Waals surface area contributed by atoms with Crippen molar-refractivity contribution in [3.05, 3.63) is 0 Å². The third-order valence-electron chi connectivity index (χ3n) is 5.18. The largest absolute Gasteiger partial charge is 0.353 e. The molecule has 1 heterocycles. The minimum absolute atomic E-state index is 0.242. The van der Waals surface area contributed by atoms with Crippen LogP contribution in [-0.4, -0.2) is 24.5 Å². The Morgan fingerprint density at radius 1 is 1.26 bits per heavy atom. The lowest BCUT2D eigenvalue weighted by atomic mass is 9.73. The summed E-state index contributed by atoms with van der Waals surface area (Å²) in [5.74, 6) is 0.866. The normalized spacial score (nSPS) is 34.8. The Morgan fingerprint density at radius 2 is 2.05 bits per heavy atom. The smallest absolute Gasteiger partial charge is 0.221 e. The van der Waals surface area contributed by atoms with Crippen molar-refractivity contribution < 1.29 is 4.79 Å². The van der Waals surface area contributed by atoms with Crippen molar-refractivity contribution in [2.24, 2.45) is 11.3 Å². The van der Waals surface area contributed by atoms with E-state index in [1.807, 2.05) is 0 Å². The van der Waals surface area contributed by atoms with E-state index in [2.05, 4.69) is 31.4 Å². The van der Waals surface area contributed by atoms with Crippen molar-refractivity contribution in [3.8, 4) is 0 Å². The summed E-state index contributed by atoms with van der Waals surface area (Å²) in [4.78, 5) is 12.3. The zero-order valence-electron chi connectivity index (χ0n) is 12.8.